The number of nitrogens with zero attached hydrogens (tertiary/aromatic N) is 1. The summed E-state index contributed by atoms with van der Waals surface area (Å²) in [6.07, 6.45) is 4.80. The molecule has 0 bridgehead atoms. The van der Waals surface area contributed by atoms with Crippen molar-refractivity contribution in [3.63, 3.8) is 0 Å². The van der Waals surface area contributed by atoms with Crippen molar-refractivity contribution in [1.82, 2.24) is 4.90 Å². The van der Waals surface area contributed by atoms with Crippen molar-refractivity contribution in [2.75, 3.05) is 19.7 Å². The molecule has 0 saturated carbocycles. The number of likely N-dealkylation sites (tertiary alicyclic amines) is 1. The van der Waals surface area contributed by atoms with E-state index in [0.29, 0.717) is 19.0 Å². The normalized spacial score (nSPS) is 20.4. The van der Waals surface area contributed by atoms with Crippen LogP contribution in [0.5, 0.6) is 0 Å². The standard InChI is InChI=1S/C16H23NO2/c18-11-9-15-8-4-5-10-17(15)13-16(19)12-14-6-2-1-3-7-14/h1-3,6-7,15,18H,4-5,8-13H2. The van der Waals surface area contributed by atoms with E-state index in [-0.39, 0.29) is 12.4 Å². The summed E-state index contributed by atoms with van der Waals surface area (Å²) < 4.78 is 0. The van der Waals surface area contributed by atoms with Crippen LogP contribution in [-0.2, 0) is 11.2 Å². The molecule has 3 nitrogen and oxygen atoms in total. The first-order valence-electron chi connectivity index (χ1n) is 7.20. The summed E-state index contributed by atoms with van der Waals surface area (Å²) >= 11 is 0. The lowest BCUT2D eigenvalue weighted by Gasteiger charge is -2.34. The lowest BCUT2D eigenvalue weighted by Crippen LogP contribution is -2.43. The molecule has 1 aromatic carbocycles. The van der Waals surface area contributed by atoms with E-state index in [2.05, 4.69) is 4.90 Å². The first kappa shape index (κ1) is 14.2. The summed E-state index contributed by atoms with van der Waals surface area (Å²) in [4.78, 5) is 14.4. The highest BCUT2D eigenvalue weighted by atomic mass is 16.3. The van der Waals surface area contributed by atoms with Crippen LogP contribution in [-0.4, -0.2) is 41.5 Å². The SMILES string of the molecule is O=C(Cc1ccccc1)CN1CCCCC1CCO. The third-order valence-electron chi connectivity index (χ3n) is 3.83. The fourth-order valence-electron chi connectivity index (χ4n) is 2.85. The van der Waals surface area contributed by atoms with Crippen molar-refractivity contribution in [2.45, 2.75) is 38.1 Å². The van der Waals surface area contributed by atoms with Crippen LogP contribution in [0, 0.1) is 0 Å². The Hall–Kier alpha value is -1.19. The Morgan fingerprint density at radius 2 is 2.05 bits per heavy atom. The van der Waals surface area contributed by atoms with Gasteiger partial charge >= 0.3 is 0 Å². The number of aliphatic hydroxyl groups excluding tert-OH is 1. The minimum atomic E-state index is 0.216. The zero-order valence-corrected chi connectivity index (χ0v) is 11.4. The molecule has 2 rings (SSSR count). The number of rotatable bonds is 6. The summed E-state index contributed by atoms with van der Waals surface area (Å²) in [5.74, 6) is 0.274. The van der Waals surface area contributed by atoms with E-state index in [4.69, 9.17) is 5.11 Å². The summed E-state index contributed by atoms with van der Waals surface area (Å²) in [5.41, 5.74) is 1.09. The Kier molecular flexibility index (Phi) is 5.55. The first-order valence-corrected chi connectivity index (χ1v) is 7.20. The van der Waals surface area contributed by atoms with Gasteiger partial charge in [-0.2, -0.15) is 0 Å². The van der Waals surface area contributed by atoms with Gasteiger partial charge in [0, 0.05) is 19.1 Å². The maximum absolute atomic E-state index is 12.1. The van der Waals surface area contributed by atoms with Crippen LogP contribution >= 0.6 is 0 Å². The summed E-state index contributed by atoms with van der Waals surface area (Å²) in [6.45, 7) is 1.73. The van der Waals surface area contributed by atoms with Gasteiger partial charge in [0.05, 0.1) is 6.54 Å². The predicted molar refractivity (Wildman–Crippen MR) is 76.1 cm³/mol. The molecule has 1 unspecified atom stereocenters. The molecule has 0 aromatic heterocycles. The van der Waals surface area contributed by atoms with E-state index in [1.165, 1.54) is 12.8 Å². The molecule has 3 heteroatoms. The molecule has 0 aliphatic carbocycles. The van der Waals surface area contributed by atoms with Crippen LogP contribution in [0.25, 0.3) is 0 Å². The smallest absolute Gasteiger partial charge is 0.151 e. The second-order valence-corrected chi connectivity index (χ2v) is 5.33. The van der Waals surface area contributed by atoms with Crippen molar-refractivity contribution >= 4 is 5.78 Å². The number of aliphatic hydroxyl groups is 1. The van der Waals surface area contributed by atoms with Crippen molar-refractivity contribution in [3.05, 3.63) is 35.9 Å². The van der Waals surface area contributed by atoms with E-state index in [1.807, 2.05) is 30.3 Å². The third kappa shape index (κ3) is 4.44. The van der Waals surface area contributed by atoms with Gasteiger partial charge < -0.3 is 5.11 Å². The Balaban J connectivity index is 1.86. The molecular formula is C16H23NO2. The van der Waals surface area contributed by atoms with Crippen LogP contribution < -0.4 is 0 Å². The van der Waals surface area contributed by atoms with Gasteiger partial charge in [0.15, 0.2) is 5.78 Å². The summed E-state index contributed by atoms with van der Waals surface area (Å²) in [5, 5.41) is 9.09. The fraction of sp³-hybridized carbons (Fsp3) is 0.562. The molecule has 0 spiro atoms. The highest BCUT2D eigenvalue weighted by Gasteiger charge is 2.23. The number of piperidine rings is 1. The maximum Gasteiger partial charge on any atom is 0.151 e. The van der Waals surface area contributed by atoms with E-state index < -0.39 is 0 Å². The number of Topliss-reactive ketones (excluding diaryl/α,β-unsaturated/α-hetero) is 1. The van der Waals surface area contributed by atoms with Gasteiger partial charge in [-0.25, -0.2) is 0 Å². The predicted octanol–water partition coefficient (Wildman–Crippen LogP) is 2.04. The average Bonchev–Trinajstić information content (AvgIpc) is 2.42. The molecule has 1 atom stereocenters. The molecule has 0 radical (unpaired) electrons. The van der Waals surface area contributed by atoms with Gasteiger partial charge in [-0.1, -0.05) is 36.8 Å². The highest BCUT2D eigenvalue weighted by Crippen LogP contribution is 2.19. The van der Waals surface area contributed by atoms with E-state index >= 15 is 0 Å². The van der Waals surface area contributed by atoms with Gasteiger partial charge in [0.25, 0.3) is 0 Å². The van der Waals surface area contributed by atoms with E-state index in [9.17, 15) is 4.79 Å². The van der Waals surface area contributed by atoms with Crippen LogP contribution in [0.15, 0.2) is 30.3 Å². The molecule has 19 heavy (non-hydrogen) atoms. The van der Waals surface area contributed by atoms with Crippen molar-refractivity contribution in [2.24, 2.45) is 0 Å². The molecule has 1 aromatic rings. The zero-order chi connectivity index (χ0) is 13.5. The highest BCUT2D eigenvalue weighted by molar-refractivity contribution is 5.82. The second-order valence-electron chi connectivity index (χ2n) is 5.33. The van der Waals surface area contributed by atoms with Crippen LogP contribution in [0.1, 0.15) is 31.2 Å². The van der Waals surface area contributed by atoms with Gasteiger partial charge in [0.2, 0.25) is 0 Å². The molecule has 1 heterocycles. The lowest BCUT2D eigenvalue weighted by molar-refractivity contribution is -0.120. The molecule has 0 amide bonds. The molecule has 1 N–H and O–H groups in total. The van der Waals surface area contributed by atoms with E-state index in [0.717, 1.165) is 24.9 Å². The lowest BCUT2D eigenvalue weighted by atomic mass is 9.98. The quantitative estimate of drug-likeness (QED) is 0.852. The Morgan fingerprint density at radius 1 is 1.26 bits per heavy atom. The average molecular weight is 261 g/mol. The van der Waals surface area contributed by atoms with Crippen molar-refractivity contribution in [1.29, 1.82) is 0 Å². The van der Waals surface area contributed by atoms with Crippen molar-refractivity contribution < 1.29 is 9.90 Å². The number of carbonyl (C=O) groups excluding carboxylic acids is 1. The number of benzene rings is 1. The first-order chi connectivity index (χ1) is 9.29. The molecule has 1 fully saturated rings. The van der Waals surface area contributed by atoms with Crippen molar-refractivity contribution in [3.8, 4) is 0 Å². The topological polar surface area (TPSA) is 40.5 Å². The van der Waals surface area contributed by atoms with Gasteiger partial charge in [0.1, 0.15) is 0 Å². The Labute approximate surface area is 115 Å². The number of hydrogen-bond acceptors (Lipinski definition) is 3. The second kappa shape index (κ2) is 7.41. The van der Waals surface area contributed by atoms with Crippen LogP contribution in [0.2, 0.25) is 0 Å². The molecule has 1 aliphatic rings. The van der Waals surface area contributed by atoms with Gasteiger partial charge in [-0.3, -0.25) is 9.69 Å². The zero-order valence-electron chi connectivity index (χ0n) is 11.4. The molecule has 1 saturated heterocycles. The van der Waals surface area contributed by atoms with Gasteiger partial charge in [-0.05, 0) is 31.4 Å². The Bertz CT molecular complexity index is 389. The number of hydrogen-bond donors (Lipinski definition) is 1. The van der Waals surface area contributed by atoms with Gasteiger partial charge in [-0.15, -0.1) is 0 Å². The molecule has 104 valence electrons. The van der Waals surface area contributed by atoms with Crippen LogP contribution in [0.4, 0.5) is 0 Å². The number of ketones is 1. The summed E-state index contributed by atoms with van der Waals surface area (Å²) in [6, 6.07) is 10.3. The van der Waals surface area contributed by atoms with E-state index in [1.54, 1.807) is 0 Å². The minimum absolute atomic E-state index is 0.216. The Morgan fingerprint density at radius 3 is 2.79 bits per heavy atom. The largest absolute Gasteiger partial charge is 0.396 e. The number of carbonyl (C=O) groups is 1. The fourth-order valence-corrected chi connectivity index (χ4v) is 2.85. The maximum atomic E-state index is 12.1. The summed E-state index contributed by atoms with van der Waals surface area (Å²) in [7, 11) is 0. The monoisotopic (exact) mass is 261 g/mol. The van der Waals surface area contributed by atoms with Crippen LogP contribution in [0.3, 0.4) is 0 Å². The molecule has 1 aliphatic heterocycles. The minimum Gasteiger partial charge on any atom is -0.396 e. The molecular weight excluding hydrogens is 238 g/mol. The third-order valence-corrected chi connectivity index (χ3v) is 3.83.